The van der Waals surface area contributed by atoms with Crippen molar-refractivity contribution in [3.63, 3.8) is 0 Å². The molecule has 1 amide bonds. The van der Waals surface area contributed by atoms with Gasteiger partial charge in [-0.15, -0.1) is 0 Å². The van der Waals surface area contributed by atoms with Crippen LogP contribution in [0, 0.1) is 13.8 Å². The highest BCUT2D eigenvalue weighted by atomic mass is 32.2. The van der Waals surface area contributed by atoms with E-state index in [9.17, 15) is 18.0 Å². The molecule has 0 aliphatic carbocycles. The number of esters is 1. The van der Waals surface area contributed by atoms with Crippen molar-refractivity contribution < 1.29 is 22.7 Å². The van der Waals surface area contributed by atoms with Gasteiger partial charge in [0.15, 0.2) is 0 Å². The molecular weight excluding hydrogens is 392 g/mol. The summed E-state index contributed by atoms with van der Waals surface area (Å²) in [6.45, 7) is 5.98. The van der Waals surface area contributed by atoms with Crippen LogP contribution in [0.3, 0.4) is 0 Å². The molecule has 0 unspecified atom stereocenters. The summed E-state index contributed by atoms with van der Waals surface area (Å²) >= 11 is 0. The predicted molar refractivity (Wildman–Crippen MR) is 108 cm³/mol. The molecule has 0 aromatic heterocycles. The molecule has 7 nitrogen and oxygen atoms in total. The molecule has 0 saturated carbocycles. The van der Waals surface area contributed by atoms with Crippen molar-refractivity contribution in [1.29, 1.82) is 0 Å². The first-order valence-corrected chi connectivity index (χ1v) is 10.8. The van der Waals surface area contributed by atoms with Gasteiger partial charge in [0.05, 0.1) is 4.90 Å². The Kier molecular flexibility index (Phi) is 6.04. The van der Waals surface area contributed by atoms with Gasteiger partial charge < -0.3 is 9.64 Å². The van der Waals surface area contributed by atoms with E-state index in [-0.39, 0.29) is 19.0 Å². The lowest BCUT2D eigenvalue weighted by Crippen LogP contribution is -2.50. The number of carbonyl (C=O) groups is 2. The summed E-state index contributed by atoms with van der Waals surface area (Å²) in [5, 5.41) is 0. The molecule has 29 heavy (non-hydrogen) atoms. The fraction of sp³-hybridized carbons (Fsp3) is 0.333. The van der Waals surface area contributed by atoms with Crippen LogP contribution in [0.4, 0.5) is 0 Å². The zero-order chi connectivity index (χ0) is 21.2. The Balaban J connectivity index is 1.71. The Labute approximate surface area is 170 Å². The number of sulfonamides is 1. The van der Waals surface area contributed by atoms with Gasteiger partial charge in [-0.1, -0.05) is 18.2 Å². The highest BCUT2D eigenvalue weighted by Crippen LogP contribution is 2.23. The standard InChI is InChI=1S/C21H24N2O5S/c1-15-7-8-16(2)20(13-15)29(26,27)23-11-9-22(10-12-23)21(25)18-5-4-6-19(14-18)28-17(3)24/h4-8,13-14H,9-12H2,1-3H3. The zero-order valence-electron chi connectivity index (χ0n) is 16.7. The molecule has 2 aromatic rings. The Hall–Kier alpha value is -2.71. The molecule has 1 saturated heterocycles. The van der Waals surface area contributed by atoms with Crippen molar-refractivity contribution in [1.82, 2.24) is 9.21 Å². The van der Waals surface area contributed by atoms with Crippen LogP contribution in [0.1, 0.15) is 28.4 Å². The molecule has 1 aliphatic rings. The Morgan fingerprint density at radius 3 is 2.31 bits per heavy atom. The molecule has 2 aromatic carbocycles. The predicted octanol–water partition coefficient (Wildman–Crippen LogP) is 2.38. The number of aryl methyl sites for hydroxylation is 2. The topological polar surface area (TPSA) is 84.0 Å². The summed E-state index contributed by atoms with van der Waals surface area (Å²) in [5.74, 6) is -0.373. The highest BCUT2D eigenvalue weighted by molar-refractivity contribution is 7.89. The number of hydrogen-bond acceptors (Lipinski definition) is 5. The van der Waals surface area contributed by atoms with Gasteiger partial charge >= 0.3 is 5.97 Å². The van der Waals surface area contributed by atoms with Crippen LogP contribution < -0.4 is 4.74 Å². The average molecular weight is 416 g/mol. The molecule has 0 bridgehead atoms. The van der Waals surface area contributed by atoms with Crippen molar-refractivity contribution in [2.75, 3.05) is 26.2 Å². The summed E-state index contributed by atoms with van der Waals surface area (Å²) in [5.41, 5.74) is 1.99. The third-order valence-corrected chi connectivity index (χ3v) is 6.87. The lowest BCUT2D eigenvalue weighted by molar-refractivity contribution is -0.131. The minimum absolute atomic E-state index is 0.220. The van der Waals surface area contributed by atoms with Gasteiger partial charge in [-0.2, -0.15) is 4.31 Å². The maximum absolute atomic E-state index is 13.0. The van der Waals surface area contributed by atoms with Gasteiger partial charge in [0, 0.05) is 38.7 Å². The first kappa shape index (κ1) is 21.0. The Morgan fingerprint density at radius 2 is 1.66 bits per heavy atom. The molecule has 0 N–H and O–H groups in total. The lowest BCUT2D eigenvalue weighted by atomic mass is 10.1. The number of benzene rings is 2. The van der Waals surface area contributed by atoms with E-state index in [4.69, 9.17) is 4.74 Å². The lowest BCUT2D eigenvalue weighted by Gasteiger charge is -2.34. The van der Waals surface area contributed by atoms with Crippen molar-refractivity contribution >= 4 is 21.9 Å². The smallest absolute Gasteiger partial charge is 0.308 e. The molecule has 154 valence electrons. The summed E-state index contributed by atoms with van der Waals surface area (Å²) in [6.07, 6.45) is 0. The third kappa shape index (κ3) is 4.65. The number of ether oxygens (including phenoxy) is 1. The monoisotopic (exact) mass is 416 g/mol. The van der Waals surface area contributed by atoms with Crippen LogP contribution in [0.15, 0.2) is 47.4 Å². The van der Waals surface area contributed by atoms with Gasteiger partial charge in [-0.05, 0) is 49.2 Å². The molecule has 8 heteroatoms. The van der Waals surface area contributed by atoms with Crippen LogP contribution in [-0.4, -0.2) is 55.7 Å². The zero-order valence-corrected chi connectivity index (χ0v) is 17.5. The van der Waals surface area contributed by atoms with Gasteiger partial charge in [-0.25, -0.2) is 8.42 Å². The first-order chi connectivity index (χ1) is 13.7. The van der Waals surface area contributed by atoms with Crippen LogP contribution in [0.5, 0.6) is 5.75 Å². The molecule has 3 rings (SSSR count). The van der Waals surface area contributed by atoms with E-state index in [0.717, 1.165) is 5.56 Å². The number of carbonyl (C=O) groups excluding carboxylic acids is 2. The minimum atomic E-state index is -3.61. The number of nitrogens with zero attached hydrogens (tertiary/aromatic N) is 2. The average Bonchev–Trinajstić information content (AvgIpc) is 2.69. The Bertz CT molecular complexity index is 1040. The second-order valence-electron chi connectivity index (χ2n) is 7.09. The van der Waals surface area contributed by atoms with Crippen molar-refractivity contribution in [3.05, 3.63) is 59.2 Å². The van der Waals surface area contributed by atoms with Crippen LogP contribution in [0.2, 0.25) is 0 Å². The fourth-order valence-electron chi connectivity index (χ4n) is 3.30. The quantitative estimate of drug-likeness (QED) is 0.564. The van der Waals surface area contributed by atoms with E-state index in [1.54, 1.807) is 42.2 Å². The van der Waals surface area contributed by atoms with Gasteiger partial charge in [0.2, 0.25) is 10.0 Å². The van der Waals surface area contributed by atoms with Crippen molar-refractivity contribution in [2.45, 2.75) is 25.7 Å². The van der Waals surface area contributed by atoms with Crippen molar-refractivity contribution in [2.24, 2.45) is 0 Å². The van der Waals surface area contributed by atoms with Crippen LogP contribution >= 0.6 is 0 Å². The maximum atomic E-state index is 13.0. The second kappa shape index (κ2) is 8.34. The summed E-state index contributed by atoms with van der Waals surface area (Å²) in [7, 11) is -3.61. The van der Waals surface area contributed by atoms with Gasteiger partial charge in [0.1, 0.15) is 5.75 Å². The second-order valence-corrected chi connectivity index (χ2v) is 8.99. The largest absolute Gasteiger partial charge is 0.427 e. The number of hydrogen-bond donors (Lipinski definition) is 0. The molecule has 1 aliphatic heterocycles. The van der Waals surface area contributed by atoms with E-state index < -0.39 is 16.0 Å². The SMILES string of the molecule is CC(=O)Oc1cccc(C(=O)N2CCN(S(=O)(=O)c3cc(C)ccc3C)CC2)c1. The number of amides is 1. The maximum Gasteiger partial charge on any atom is 0.308 e. The van der Waals surface area contributed by atoms with Crippen molar-refractivity contribution in [3.8, 4) is 5.75 Å². The molecule has 0 atom stereocenters. The van der Waals surface area contributed by atoms with Gasteiger partial charge in [-0.3, -0.25) is 9.59 Å². The van der Waals surface area contributed by atoms with E-state index in [1.807, 2.05) is 13.0 Å². The number of rotatable bonds is 4. The van der Waals surface area contributed by atoms with Gasteiger partial charge in [0.25, 0.3) is 5.91 Å². The summed E-state index contributed by atoms with van der Waals surface area (Å²) in [6, 6.07) is 11.8. The highest BCUT2D eigenvalue weighted by Gasteiger charge is 2.31. The Morgan fingerprint density at radius 1 is 0.966 bits per heavy atom. The molecule has 1 fully saturated rings. The van der Waals surface area contributed by atoms with E-state index in [1.165, 1.54) is 17.3 Å². The van der Waals surface area contributed by atoms with E-state index >= 15 is 0 Å². The fourth-order valence-corrected chi connectivity index (χ4v) is 5.03. The molecule has 0 radical (unpaired) electrons. The first-order valence-electron chi connectivity index (χ1n) is 9.33. The van der Waals surface area contributed by atoms with E-state index in [2.05, 4.69) is 0 Å². The molecule has 0 spiro atoms. The molecular formula is C21H24N2O5S. The minimum Gasteiger partial charge on any atom is -0.427 e. The van der Waals surface area contributed by atoms with E-state index in [0.29, 0.717) is 34.9 Å². The van der Waals surface area contributed by atoms with Crippen LogP contribution in [0.25, 0.3) is 0 Å². The summed E-state index contributed by atoms with van der Waals surface area (Å²) in [4.78, 5) is 25.8. The normalized spacial score (nSPS) is 15.2. The third-order valence-electron chi connectivity index (χ3n) is 4.83. The molecule has 1 heterocycles. The van der Waals surface area contributed by atoms with Crippen LogP contribution in [-0.2, 0) is 14.8 Å². The number of piperazine rings is 1. The summed E-state index contributed by atoms with van der Waals surface area (Å²) < 4.78 is 32.5.